The summed E-state index contributed by atoms with van der Waals surface area (Å²) in [5, 5.41) is 0.460. The van der Waals surface area contributed by atoms with E-state index in [1.807, 2.05) is 0 Å². The Bertz CT molecular complexity index is 1070. The summed E-state index contributed by atoms with van der Waals surface area (Å²) in [6.45, 7) is -0.369. The van der Waals surface area contributed by atoms with E-state index in [1.165, 1.54) is 35.9 Å². The minimum atomic E-state index is -0.861. The van der Waals surface area contributed by atoms with Gasteiger partial charge < -0.3 is 9.30 Å². The molecule has 0 bridgehead atoms. The first-order valence-corrected chi connectivity index (χ1v) is 8.48. The van der Waals surface area contributed by atoms with E-state index in [4.69, 9.17) is 11.6 Å². The summed E-state index contributed by atoms with van der Waals surface area (Å²) in [7, 11) is 1.18. The highest BCUT2D eigenvalue weighted by Crippen LogP contribution is 2.22. The molecule has 0 atom stereocenters. The summed E-state index contributed by atoms with van der Waals surface area (Å²) < 4.78 is 33.7. The predicted molar refractivity (Wildman–Crippen MR) is 93.1 cm³/mol. The van der Waals surface area contributed by atoms with Gasteiger partial charge >= 0.3 is 5.97 Å². The number of methoxy groups -OCH3 is 1. The van der Waals surface area contributed by atoms with Crippen molar-refractivity contribution < 1.29 is 23.1 Å². The van der Waals surface area contributed by atoms with E-state index in [0.717, 1.165) is 17.4 Å². The van der Waals surface area contributed by atoms with Gasteiger partial charge in [0.2, 0.25) is 0 Å². The standard InChI is InChI=1S/C17H11ClF2N2O3S/c1-25-14(23)8-22-15-12(20)6-11(19)7-13(15)26-17(22)21-16(24)9-2-4-10(18)5-3-9/h2-7H,8H2,1H3. The normalized spacial score (nSPS) is 11.8. The first-order chi connectivity index (χ1) is 12.4. The van der Waals surface area contributed by atoms with E-state index in [2.05, 4.69) is 9.73 Å². The molecule has 9 heteroatoms. The minimum absolute atomic E-state index is 0.0237. The van der Waals surface area contributed by atoms with Crippen LogP contribution in [0.25, 0.3) is 10.2 Å². The number of halogens is 3. The third-order valence-corrected chi connectivity index (χ3v) is 4.78. The Balaban J connectivity index is 2.18. The highest BCUT2D eigenvalue weighted by atomic mass is 35.5. The van der Waals surface area contributed by atoms with Crippen LogP contribution in [-0.4, -0.2) is 23.6 Å². The molecule has 3 rings (SSSR count). The predicted octanol–water partition coefficient (Wildman–Crippen LogP) is 3.55. The Hall–Kier alpha value is -2.58. The van der Waals surface area contributed by atoms with Gasteiger partial charge in [0.1, 0.15) is 12.4 Å². The monoisotopic (exact) mass is 396 g/mol. The molecule has 0 aliphatic heterocycles. The van der Waals surface area contributed by atoms with Gasteiger partial charge in [-0.05, 0) is 30.3 Å². The van der Waals surface area contributed by atoms with Crippen LogP contribution in [0.1, 0.15) is 10.4 Å². The molecule has 2 aromatic carbocycles. The molecule has 0 saturated carbocycles. The van der Waals surface area contributed by atoms with Crippen LogP contribution in [0, 0.1) is 11.6 Å². The van der Waals surface area contributed by atoms with Gasteiger partial charge in [-0.2, -0.15) is 4.99 Å². The van der Waals surface area contributed by atoms with Crippen molar-refractivity contribution in [2.24, 2.45) is 4.99 Å². The molecule has 5 nitrogen and oxygen atoms in total. The molecule has 1 aromatic heterocycles. The van der Waals surface area contributed by atoms with Crippen molar-refractivity contribution in [1.82, 2.24) is 4.57 Å². The van der Waals surface area contributed by atoms with E-state index < -0.39 is 23.5 Å². The number of ether oxygens (including phenoxy) is 1. The number of carbonyl (C=O) groups is 2. The molecule has 0 N–H and O–H groups in total. The molecule has 0 unspecified atom stereocenters. The van der Waals surface area contributed by atoms with E-state index in [9.17, 15) is 18.4 Å². The highest BCUT2D eigenvalue weighted by molar-refractivity contribution is 7.16. The average Bonchev–Trinajstić information content (AvgIpc) is 2.92. The quantitative estimate of drug-likeness (QED) is 0.636. The molecular weight excluding hydrogens is 386 g/mol. The molecule has 0 fully saturated rings. The summed E-state index contributed by atoms with van der Waals surface area (Å²) in [4.78, 5) is 28.0. The van der Waals surface area contributed by atoms with Crippen LogP contribution < -0.4 is 4.80 Å². The molecule has 1 heterocycles. The summed E-state index contributed by atoms with van der Waals surface area (Å²) in [6, 6.07) is 7.87. The zero-order valence-electron chi connectivity index (χ0n) is 13.3. The van der Waals surface area contributed by atoms with Crippen LogP contribution in [-0.2, 0) is 16.1 Å². The van der Waals surface area contributed by atoms with Crippen LogP contribution in [0.2, 0.25) is 5.02 Å². The SMILES string of the molecule is COC(=O)Cn1c(=NC(=O)c2ccc(Cl)cc2)sc2cc(F)cc(F)c21. The lowest BCUT2D eigenvalue weighted by Crippen LogP contribution is -2.22. The Labute approximate surface area is 155 Å². The molecule has 0 radical (unpaired) electrons. The average molecular weight is 397 g/mol. The molecular formula is C17H11ClF2N2O3S. The zero-order valence-corrected chi connectivity index (χ0v) is 14.9. The van der Waals surface area contributed by atoms with Gasteiger partial charge in [0.25, 0.3) is 5.91 Å². The van der Waals surface area contributed by atoms with Crippen LogP contribution >= 0.6 is 22.9 Å². The van der Waals surface area contributed by atoms with Gasteiger partial charge in [-0.1, -0.05) is 22.9 Å². The fourth-order valence-electron chi connectivity index (χ4n) is 2.30. The Kier molecular flexibility index (Phi) is 5.15. The number of aromatic nitrogens is 1. The number of fused-ring (bicyclic) bond motifs is 1. The maximum absolute atomic E-state index is 14.2. The second-order valence-corrected chi connectivity index (χ2v) is 6.65. The fraction of sp³-hybridized carbons (Fsp3) is 0.118. The molecule has 26 heavy (non-hydrogen) atoms. The molecule has 0 spiro atoms. The number of hydrogen-bond acceptors (Lipinski definition) is 4. The molecule has 3 aromatic rings. The van der Waals surface area contributed by atoms with Crippen LogP contribution in [0.15, 0.2) is 41.4 Å². The number of rotatable bonds is 3. The second kappa shape index (κ2) is 7.35. The highest BCUT2D eigenvalue weighted by Gasteiger charge is 2.16. The lowest BCUT2D eigenvalue weighted by molar-refractivity contribution is -0.141. The fourth-order valence-corrected chi connectivity index (χ4v) is 3.49. The van der Waals surface area contributed by atoms with Crippen LogP contribution in [0.4, 0.5) is 8.78 Å². The third-order valence-electron chi connectivity index (χ3n) is 3.50. The van der Waals surface area contributed by atoms with Crippen molar-refractivity contribution in [3.63, 3.8) is 0 Å². The number of esters is 1. The largest absolute Gasteiger partial charge is 0.468 e. The molecule has 0 saturated heterocycles. The molecule has 0 aliphatic carbocycles. The topological polar surface area (TPSA) is 60.7 Å². The Morgan fingerprint density at radius 1 is 1.23 bits per heavy atom. The van der Waals surface area contributed by atoms with Crippen molar-refractivity contribution >= 4 is 45.0 Å². The Morgan fingerprint density at radius 3 is 2.58 bits per heavy atom. The summed E-state index contributed by atoms with van der Waals surface area (Å²) >= 11 is 6.68. The van der Waals surface area contributed by atoms with Crippen molar-refractivity contribution in [1.29, 1.82) is 0 Å². The summed E-state index contributed by atoms with van der Waals surface area (Å²) in [6.07, 6.45) is 0. The smallest absolute Gasteiger partial charge is 0.325 e. The zero-order chi connectivity index (χ0) is 18.8. The van der Waals surface area contributed by atoms with Gasteiger partial charge in [0.05, 0.1) is 17.3 Å². The number of carbonyl (C=O) groups excluding carboxylic acids is 2. The molecule has 1 amide bonds. The van der Waals surface area contributed by atoms with Crippen molar-refractivity contribution in [3.05, 3.63) is 63.4 Å². The third kappa shape index (κ3) is 3.66. The number of amides is 1. The van der Waals surface area contributed by atoms with Crippen LogP contribution in [0.3, 0.4) is 0 Å². The van der Waals surface area contributed by atoms with Gasteiger partial charge in [0.15, 0.2) is 10.6 Å². The van der Waals surface area contributed by atoms with E-state index in [1.54, 1.807) is 0 Å². The second-order valence-electron chi connectivity index (χ2n) is 5.21. The summed E-state index contributed by atoms with van der Waals surface area (Å²) in [5.74, 6) is -2.89. The molecule has 0 aliphatic rings. The van der Waals surface area contributed by atoms with E-state index >= 15 is 0 Å². The molecule has 134 valence electrons. The maximum atomic E-state index is 14.2. The minimum Gasteiger partial charge on any atom is -0.468 e. The van der Waals surface area contributed by atoms with Gasteiger partial charge in [-0.3, -0.25) is 9.59 Å². The lowest BCUT2D eigenvalue weighted by atomic mass is 10.2. The van der Waals surface area contributed by atoms with E-state index in [-0.39, 0.29) is 27.1 Å². The van der Waals surface area contributed by atoms with Crippen LogP contribution in [0.5, 0.6) is 0 Å². The van der Waals surface area contributed by atoms with Gasteiger partial charge in [-0.25, -0.2) is 8.78 Å². The number of hydrogen-bond donors (Lipinski definition) is 0. The van der Waals surface area contributed by atoms with E-state index in [0.29, 0.717) is 11.1 Å². The van der Waals surface area contributed by atoms with Crippen molar-refractivity contribution in [3.8, 4) is 0 Å². The van der Waals surface area contributed by atoms with Gasteiger partial charge in [-0.15, -0.1) is 0 Å². The lowest BCUT2D eigenvalue weighted by Gasteiger charge is -2.04. The van der Waals surface area contributed by atoms with Gasteiger partial charge in [0, 0.05) is 16.7 Å². The Morgan fingerprint density at radius 2 is 1.92 bits per heavy atom. The number of nitrogens with zero attached hydrogens (tertiary/aromatic N) is 2. The number of benzene rings is 2. The summed E-state index contributed by atoms with van der Waals surface area (Å²) in [5.41, 5.74) is 0.243. The van der Waals surface area contributed by atoms with Crippen molar-refractivity contribution in [2.45, 2.75) is 6.54 Å². The number of thiazole rings is 1. The maximum Gasteiger partial charge on any atom is 0.325 e. The first-order valence-electron chi connectivity index (χ1n) is 7.29. The van der Waals surface area contributed by atoms with Crippen molar-refractivity contribution in [2.75, 3.05) is 7.11 Å². The first kappa shape index (κ1) is 18.2.